The Balaban J connectivity index is 1.84. The Morgan fingerprint density at radius 2 is 1.81 bits per heavy atom. The molecule has 0 spiro atoms. The topological polar surface area (TPSA) is 181 Å². The Kier molecular flexibility index (Phi) is 8.88. The molecule has 0 radical (unpaired) electrons. The van der Waals surface area contributed by atoms with Crippen molar-refractivity contribution in [2.24, 2.45) is 0 Å². The Hall–Kier alpha value is -3.31. The molecule has 0 saturated carbocycles. The van der Waals surface area contributed by atoms with Crippen molar-refractivity contribution in [1.82, 2.24) is 39.4 Å². The van der Waals surface area contributed by atoms with Crippen molar-refractivity contribution in [1.29, 1.82) is 0 Å². The summed E-state index contributed by atoms with van der Waals surface area (Å²) in [6, 6.07) is -0.606. The van der Waals surface area contributed by atoms with Gasteiger partial charge >= 0.3 is 0 Å². The largest absolute Gasteiger partial charge is 0.760 e. The normalized spacial score (nSPS) is 18.1. The van der Waals surface area contributed by atoms with Crippen molar-refractivity contribution in [2.75, 3.05) is 41.2 Å². The van der Waals surface area contributed by atoms with Crippen LogP contribution in [0, 0.1) is 0 Å². The second-order valence-electron chi connectivity index (χ2n) is 7.92. The van der Waals surface area contributed by atoms with Gasteiger partial charge in [-0.05, 0) is 6.92 Å². The van der Waals surface area contributed by atoms with Crippen molar-refractivity contribution in [3.8, 4) is 23.2 Å². The first-order valence-corrected chi connectivity index (χ1v) is 12.3. The molecular weight excluding hydrogens is 508 g/mol. The zero-order valence-corrected chi connectivity index (χ0v) is 21.5. The first-order chi connectivity index (χ1) is 18.0. The van der Waals surface area contributed by atoms with Crippen molar-refractivity contribution < 1.29 is 32.4 Å². The third-order valence-corrected chi connectivity index (χ3v) is 6.29. The number of rotatable bonds is 11. The molecule has 4 atom stereocenters. The highest BCUT2D eigenvalue weighted by Crippen LogP contribution is 2.34. The monoisotopic (exact) mass is 535 g/mol. The summed E-state index contributed by atoms with van der Waals surface area (Å²) in [6.07, 6.45) is 3.96. The summed E-state index contributed by atoms with van der Waals surface area (Å²) in [4.78, 5) is 17.2. The number of hydrogen-bond donors (Lipinski definition) is 1. The number of methoxy groups -OCH3 is 3. The molecule has 1 unspecified atom stereocenters. The summed E-state index contributed by atoms with van der Waals surface area (Å²) in [5, 5.41) is 8.83. The lowest BCUT2D eigenvalue weighted by Crippen LogP contribution is -2.36. The predicted molar refractivity (Wildman–Crippen MR) is 126 cm³/mol. The van der Waals surface area contributed by atoms with E-state index >= 15 is 0 Å². The van der Waals surface area contributed by atoms with Crippen molar-refractivity contribution in [2.45, 2.75) is 31.4 Å². The third-order valence-electron chi connectivity index (χ3n) is 5.73. The summed E-state index contributed by atoms with van der Waals surface area (Å²) in [6.45, 7) is 2.81. The molecule has 0 bridgehead atoms. The summed E-state index contributed by atoms with van der Waals surface area (Å²) in [5.41, 5.74) is 0.360. The van der Waals surface area contributed by atoms with E-state index in [0.29, 0.717) is 42.1 Å². The first-order valence-electron chi connectivity index (χ1n) is 11.2. The van der Waals surface area contributed by atoms with E-state index in [2.05, 4.69) is 34.9 Å². The van der Waals surface area contributed by atoms with Gasteiger partial charge in [0.2, 0.25) is 11.8 Å². The molecule has 0 amide bonds. The lowest BCUT2D eigenvalue weighted by molar-refractivity contribution is -0.0942. The van der Waals surface area contributed by atoms with E-state index in [1.54, 1.807) is 11.5 Å². The maximum absolute atomic E-state index is 11.5. The Labute approximate surface area is 215 Å². The second-order valence-corrected chi connectivity index (χ2v) is 8.62. The molecule has 3 aromatic rings. The van der Waals surface area contributed by atoms with Crippen LogP contribution in [0.4, 0.5) is 0 Å². The van der Waals surface area contributed by atoms with Gasteiger partial charge in [0.05, 0.1) is 53.5 Å². The van der Waals surface area contributed by atoms with Gasteiger partial charge in [0.1, 0.15) is 24.1 Å². The summed E-state index contributed by atoms with van der Waals surface area (Å²) >= 11 is -2.52. The van der Waals surface area contributed by atoms with Crippen LogP contribution in [0.3, 0.4) is 0 Å². The van der Waals surface area contributed by atoms with Gasteiger partial charge in [-0.1, -0.05) is 0 Å². The van der Waals surface area contributed by atoms with Crippen molar-refractivity contribution in [3.05, 3.63) is 36.2 Å². The molecule has 1 fully saturated rings. The van der Waals surface area contributed by atoms with E-state index in [9.17, 15) is 8.76 Å². The minimum Gasteiger partial charge on any atom is -0.760 e. The van der Waals surface area contributed by atoms with Crippen LogP contribution in [-0.2, 0) is 27.2 Å². The fourth-order valence-electron chi connectivity index (χ4n) is 3.93. The van der Waals surface area contributed by atoms with Crippen LogP contribution in [0.15, 0.2) is 18.7 Å². The SMILES string of the molecule is COc1cnc([C@H](Cc2nnc([C@H]3COCCO3)n2-c2c(OC)ncnc2OC)[C@@H](C)NS(=O)[O-])nc1. The summed E-state index contributed by atoms with van der Waals surface area (Å²) in [7, 11) is 4.45. The van der Waals surface area contributed by atoms with Gasteiger partial charge in [0.25, 0.3) is 0 Å². The van der Waals surface area contributed by atoms with Crippen LogP contribution in [0.1, 0.15) is 36.4 Å². The fraction of sp³-hybridized carbons (Fsp3) is 0.524. The zero-order chi connectivity index (χ0) is 26.4. The second kappa shape index (κ2) is 12.3. The van der Waals surface area contributed by atoms with Crippen LogP contribution in [0.25, 0.3) is 5.69 Å². The van der Waals surface area contributed by atoms with Crippen molar-refractivity contribution >= 4 is 11.3 Å². The maximum Gasteiger partial charge on any atom is 0.245 e. The van der Waals surface area contributed by atoms with E-state index in [1.807, 2.05) is 0 Å². The molecule has 16 heteroatoms. The number of ether oxygens (including phenoxy) is 5. The van der Waals surface area contributed by atoms with Gasteiger partial charge in [-0.25, -0.2) is 14.7 Å². The van der Waals surface area contributed by atoms with Crippen LogP contribution in [0.5, 0.6) is 17.5 Å². The molecule has 37 heavy (non-hydrogen) atoms. The minimum atomic E-state index is -2.52. The molecule has 1 aliphatic rings. The third kappa shape index (κ3) is 5.99. The molecule has 1 aliphatic heterocycles. The molecule has 4 heterocycles. The van der Waals surface area contributed by atoms with Gasteiger partial charge < -0.3 is 28.2 Å². The lowest BCUT2D eigenvalue weighted by atomic mass is 9.96. The molecule has 4 rings (SSSR count). The lowest BCUT2D eigenvalue weighted by Gasteiger charge is -2.26. The van der Waals surface area contributed by atoms with Crippen LogP contribution >= 0.6 is 0 Å². The average Bonchev–Trinajstić information content (AvgIpc) is 3.34. The van der Waals surface area contributed by atoms with Crippen LogP contribution in [0.2, 0.25) is 0 Å². The quantitative estimate of drug-likeness (QED) is 0.326. The highest BCUT2D eigenvalue weighted by Gasteiger charge is 2.32. The zero-order valence-electron chi connectivity index (χ0n) is 20.7. The van der Waals surface area contributed by atoms with E-state index in [4.69, 9.17) is 23.7 Å². The molecule has 1 saturated heterocycles. The standard InChI is InChI=1S/C21H28N8O7S/c1-12(28-37(30)31)14(18-22-8-13(32-2)9-23-18)7-16-26-27-19(15-10-35-5-6-36-15)29(16)17-20(33-3)24-11-25-21(17)34-4/h8-9,11-12,14-15,28H,5-7,10H2,1-4H3,(H,30,31)/p-1/t12-,14-,15-/m1/s1. The van der Waals surface area contributed by atoms with Gasteiger partial charge in [-0.15, -0.1) is 10.2 Å². The maximum atomic E-state index is 11.5. The Morgan fingerprint density at radius 3 is 2.38 bits per heavy atom. The van der Waals surface area contributed by atoms with Crippen molar-refractivity contribution in [3.63, 3.8) is 0 Å². The highest BCUT2D eigenvalue weighted by atomic mass is 32.2. The molecule has 3 aromatic heterocycles. The number of nitrogens with one attached hydrogen (secondary N) is 1. The number of hydrogen-bond acceptors (Lipinski definition) is 13. The molecule has 0 aliphatic carbocycles. The van der Waals surface area contributed by atoms with Gasteiger partial charge in [0.15, 0.2) is 17.3 Å². The molecule has 0 aromatic carbocycles. The van der Waals surface area contributed by atoms with E-state index in [1.165, 1.54) is 40.1 Å². The average molecular weight is 536 g/mol. The molecule has 15 nitrogen and oxygen atoms in total. The molecule has 200 valence electrons. The van der Waals surface area contributed by atoms with E-state index < -0.39 is 29.3 Å². The molecule has 1 N–H and O–H groups in total. The first kappa shape index (κ1) is 26.7. The summed E-state index contributed by atoms with van der Waals surface area (Å²) in [5.74, 6) is 1.57. The Bertz CT molecular complexity index is 1180. The van der Waals surface area contributed by atoms with Crippen LogP contribution in [-0.4, -0.2) is 90.7 Å². The summed E-state index contributed by atoms with van der Waals surface area (Å²) < 4.78 is 54.8. The van der Waals surface area contributed by atoms with Gasteiger partial charge in [0, 0.05) is 29.6 Å². The van der Waals surface area contributed by atoms with E-state index in [-0.39, 0.29) is 24.8 Å². The predicted octanol–water partition coefficient (Wildman–Crippen LogP) is 0.0595. The molecular formula is C21H27N8O7S-. The van der Waals surface area contributed by atoms with Crippen LogP contribution < -0.4 is 18.9 Å². The Morgan fingerprint density at radius 1 is 1.11 bits per heavy atom. The minimum absolute atomic E-state index is 0.166. The fourth-order valence-corrected chi connectivity index (χ4v) is 4.40. The van der Waals surface area contributed by atoms with E-state index in [0.717, 1.165) is 0 Å². The smallest absolute Gasteiger partial charge is 0.245 e. The van der Waals surface area contributed by atoms with Gasteiger partial charge in [-0.3, -0.25) is 8.78 Å². The van der Waals surface area contributed by atoms with Gasteiger partial charge in [-0.2, -0.15) is 9.97 Å². The highest BCUT2D eigenvalue weighted by molar-refractivity contribution is 7.77. The number of nitrogens with zero attached hydrogens (tertiary/aromatic N) is 7. The number of aromatic nitrogens is 7.